The molecule has 0 saturated heterocycles. The molecule has 21 heavy (non-hydrogen) atoms. The molecule has 6 nitrogen and oxygen atoms in total. The van der Waals surface area contributed by atoms with Crippen LogP contribution in [0.2, 0.25) is 0 Å². The summed E-state index contributed by atoms with van der Waals surface area (Å²) in [4.78, 5) is 0.176. The monoisotopic (exact) mass is 318 g/mol. The minimum Gasteiger partial charge on any atom is -0.464 e. The molecule has 0 bridgehead atoms. The molecule has 0 radical (unpaired) electrons. The third-order valence-electron chi connectivity index (χ3n) is 3.14. The van der Waals surface area contributed by atoms with Gasteiger partial charge in [-0.1, -0.05) is 13.8 Å². The number of aryl methyl sites for hydroxylation is 1. The maximum absolute atomic E-state index is 12.3. The van der Waals surface area contributed by atoms with E-state index in [9.17, 15) is 8.42 Å². The first kappa shape index (κ1) is 18.2. The van der Waals surface area contributed by atoms with E-state index in [0.29, 0.717) is 24.1 Å². The second-order valence-electron chi connectivity index (χ2n) is 5.96. The molecule has 0 aliphatic rings. The molecule has 7 heteroatoms. The normalized spacial score (nSPS) is 13.1. The molecule has 0 atom stereocenters. The molecule has 1 heterocycles. The average Bonchev–Trinajstić information content (AvgIpc) is 2.76. The summed E-state index contributed by atoms with van der Waals surface area (Å²) >= 11 is 0. The number of hydrogen-bond acceptors (Lipinski definition) is 5. The van der Waals surface area contributed by atoms with Crippen LogP contribution < -0.4 is 10.0 Å². The van der Waals surface area contributed by atoms with Gasteiger partial charge in [0, 0.05) is 25.8 Å². The van der Waals surface area contributed by atoms with Crippen LogP contribution in [0.25, 0.3) is 0 Å². The van der Waals surface area contributed by atoms with Crippen LogP contribution in [0, 0.1) is 6.92 Å². The zero-order valence-electron chi connectivity index (χ0n) is 13.6. The number of sulfonamides is 1. The molecule has 0 amide bonds. The Morgan fingerprint density at radius 2 is 2.00 bits per heavy atom. The summed E-state index contributed by atoms with van der Waals surface area (Å²) in [6.07, 6.45) is 0. The maximum atomic E-state index is 12.3. The highest BCUT2D eigenvalue weighted by Gasteiger charge is 2.25. The molecule has 122 valence electrons. The van der Waals surface area contributed by atoms with Crippen LogP contribution in [-0.4, -0.2) is 33.7 Å². The van der Waals surface area contributed by atoms with Crippen molar-refractivity contribution in [2.24, 2.45) is 0 Å². The second kappa shape index (κ2) is 6.91. The molecule has 0 fully saturated rings. The van der Waals surface area contributed by atoms with E-state index in [1.54, 1.807) is 20.1 Å². The SMILES string of the molecule is COC(C)(C)CNS(=O)(=O)c1cc(CNC(C)C)oc1C. The molecule has 0 saturated carbocycles. The Balaban J connectivity index is 2.84. The highest BCUT2D eigenvalue weighted by atomic mass is 32.2. The number of methoxy groups -OCH3 is 1. The first-order chi connectivity index (χ1) is 9.57. The van der Waals surface area contributed by atoms with E-state index in [1.165, 1.54) is 0 Å². The van der Waals surface area contributed by atoms with Crippen LogP contribution in [0.5, 0.6) is 0 Å². The van der Waals surface area contributed by atoms with Crippen molar-refractivity contribution in [1.82, 2.24) is 10.0 Å². The smallest absolute Gasteiger partial charge is 0.244 e. The highest BCUT2D eigenvalue weighted by molar-refractivity contribution is 7.89. The number of ether oxygens (including phenoxy) is 1. The predicted molar refractivity (Wildman–Crippen MR) is 81.7 cm³/mol. The molecule has 1 aromatic rings. The van der Waals surface area contributed by atoms with Gasteiger partial charge in [-0.15, -0.1) is 0 Å². The Morgan fingerprint density at radius 3 is 2.52 bits per heavy atom. The van der Waals surface area contributed by atoms with Crippen LogP contribution in [0.15, 0.2) is 15.4 Å². The fraction of sp³-hybridized carbons (Fsp3) is 0.714. The predicted octanol–water partition coefficient (Wildman–Crippen LogP) is 1.79. The van der Waals surface area contributed by atoms with E-state index in [4.69, 9.17) is 9.15 Å². The Hall–Kier alpha value is -0.890. The highest BCUT2D eigenvalue weighted by Crippen LogP contribution is 2.20. The topological polar surface area (TPSA) is 80.6 Å². The third kappa shape index (κ3) is 5.43. The van der Waals surface area contributed by atoms with E-state index in [1.807, 2.05) is 27.7 Å². The van der Waals surface area contributed by atoms with Crippen molar-refractivity contribution in [2.45, 2.75) is 57.7 Å². The van der Waals surface area contributed by atoms with Crippen LogP contribution in [0.1, 0.15) is 39.2 Å². The fourth-order valence-electron chi connectivity index (χ4n) is 1.60. The lowest BCUT2D eigenvalue weighted by molar-refractivity contribution is 0.0276. The Morgan fingerprint density at radius 1 is 1.38 bits per heavy atom. The molecule has 0 aliphatic carbocycles. The van der Waals surface area contributed by atoms with Gasteiger partial charge in [0.2, 0.25) is 10.0 Å². The van der Waals surface area contributed by atoms with Gasteiger partial charge >= 0.3 is 0 Å². The Kier molecular flexibility index (Phi) is 5.98. The van der Waals surface area contributed by atoms with Crippen molar-refractivity contribution in [1.29, 1.82) is 0 Å². The van der Waals surface area contributed by atoms with E-state index in [0.717, 1.165) is 0 Å². The molecule has 2 N–H and O–H groups in total. The van der Waals surface area contributed by atoms with Crippen LogP contribution >= 0.6 is 0 Å². The van der Waals surface area contributed by atoms with E-state index < -0.39 is 15.6 Å². The van der Waals surface area contributed by atoms with Crippen molar-refractivity contribution in [3.63, 3.8) is 0 Å². The molecule has 1 aromatic heterocycles. The largest absolute Gasteiger partial charge is 0.464 e. The zero-order chi connectivity index (χ0) is 16.3. The van der Waals surface area contributed by atoms with Crippen LogP contribution in [0.3, 0.4) is 0 Å². The van der Waals surface area contributed by atoms with Crippen LogP contribution in [-0.2, 0) is 21.3 Å². The summed E-state index contributed by atoms with van der Waals surface area (Å²) in [6.45, 7) is 10.00. The summed E-state index contributed by atoms with van der Waals surface area (Å²) in [7, 11) is -2.05. The lowest BCUT2D eigenvalue weighted by Gasteiger charge is -2.22. The number of nitrogens with one attached hydrogen (secondary N) is 2. The van der Waals surface area contributed by atoms with Crippen molar-refractivity contribution < 1.29 is 17.6 Å². The third-order valence-corrected chi connectivity index (χ3v) is 4.65. The minimum atomic E-state index is -3.60. The molecule has 0 unspecified atom stereocenters. The molecular weight excluding hydrogens is 292 g/mol. The standard InChI is InChI=1S/C14H26N2O4S/c1-10(2)15-8-12-7-13(11(3)20-12)21(17,18)16-9-14(4,5)19-6/h7,10,15-16H,8-9H2,1-6H3. The quantitative estimate of drug-likeness (QED) is 0.764. The summed E-state index contributed by atoms with van der Waals surface area (Å²) in [6, 6.07) is 1.86. The first-order valence-corrected chi connectivity index (χ1v) is 8.43. The van der Waals surface area contributed by atoms with Crippen molar-refractivity contribution in [3.05, 3.63) is 17.6 Å². The maximum Gasteiger partial charge on any atom is 0.244 e. The fourth-order valence-corrected chi connectivity index (χ4v) is 3.00. The van der Waals surface area contributed by atoms with Gasteiger partial charge < -0.3 is 14.5 Å². The summed E-state index contributed by atoms with van der Waals surface area (Å²) < 4.78 is 37.9. The van der Waals surface area contributed by atoms with Gasteiger partial charge in [0.25, 0.3) is 0 Å². The first-order valence-electron chi connectivity index (χ1n) is 6.95. The van der Waals surface area contributed by atoms with Gasteiger partial charge in [-0.2, -0.15) is 0 Å². The zero-order valence-corrected chi connectivity index (χ0v) is 14.4. The van der Waals surface area contributed by atoms with Gasteiger partial charge in [-0.25, -0.2) is 13.1 Å². The van der Waals surface area contributed by atoms with E-state index in [2.05, 4.69) is 10.0 Å². The molecular formula is C14H26N2O4S. The van der Waals surface area contributed by atoms with Crippen molar-refractivity contribution >= 4 is 10.0 Å². The lowest BCUT2D eigenvalue weighted by Crippen LogP contribution is -2.39. The molecule has 1 rings (SSSR count). The number of furan rings is 1. The minimum absolute atomic E-state index is 0.176. The molecule has 0 aliphatic heterocycles. The number of rotatable bonds is 8. The second-order valence-corrected chi connectivity index (χ2v) is 7.69. The van der Waals surface area contributed by atoms with Crippen LogP contribution in [0.4, 0.5) is 0 Å². The van der Waals surface area contributed by atoms with Crippen molar-refractivity contribution in [3.8, 4) is 0 Å². The lowest BCUT2D eigenvalue weighted by atomic mass is 10.1. The van der Waals surface area contributed by atoms with Gasteiger partial charge in [0.15, 0.2) is 0 Å². The van der Waals surface area contributed by atoms with Gasteiger partial charge in [-0.3, -0.25) is 0 Å². The van der Waals surface area contributed by atoms with E-state index in [-0.39, 0.29) is 11.4 Å². The molecule has 0 aromatic carbocycles. The van der Waals surface area contributed by atoms with Gasteiger partial charge in [0.1, 0.15) is 16.4 Å². The summed E-state index contributed by atoms with van der Waals surface area (Å²) in [5, 5.41) is 3.19. The van der Waals surface area contributed by atoms with Gasteiger partial charge in [-0.05, 0) is 20.8 Å². The van der Waals surface area contributed by atoms with Crippen molar-refractivity contribution in [2.75, 3.05) is 13.7 Å². The molecule has 0 spiro atoms. The number of hydrogen-bond donors (Lipinski definition) is 2. The summed E-state index contributed by atoms with van der Waals surface area (Å²) in [5.74, 6) is 0.992. The summed E-state index contributed by atoms with van der Waals surface area (Å²) in [5.41, 5.74) is -0.563. The van der Waals surface area contributed by atoms with E-state index >= 15 is 0 Å². The Labute approximate surface area is 127 Å². The van der Waals surface area contributed by atoms with Gasteiger partial charge in [0.05, 0.1) is 12.1 Å². The average molecular weight is 318 g/mol. The Bertz CT molecular complexity index is 562.